The molecule has 0 atom stereocenters. The molecule has 0 spiro atoms. The lowest BCUT2D eigenvalue weighted by molar-refractivity contribution is 0.0624. The second-order valence-corrected chi connectivity index (χ2v) is 7.99. The average Bonchev–Trinajstić information content (AvgIpc) is 3.08. The molecule has 2 aromatic rings. The highest BCUT2D eigenvalue weighted by Crippen LogP contribution is 2.23. The van der Waals surface area contributed by atoms with E-state index in [0.717, 1.165) is 36.5 Å². The Kier molecular flexibility index (Phi) is 4.69. The summed E-state index contributed by atoms with van der Waals surface area (Å²) in [5.41, 5.74) is 0.565. The molecule has 0 radical (unpaired) electrons. The smallest absolute Gasteiger partial charge is 0.270 e. The van der Waals surface area contributed by atoms with E-state index >= 15 is 0 Å². The lowest BCUT2D eigenvalue weighted by atomic mass is 10.2. The zero-order valence-corrected chi connectivity index (χ0v) is 14.5. The topological polar surface area (TPSA) is 39.3 Å². The number of nitrogens with one attached hydrogen (secondary N) is 1. The van der Waals surface area contributed by atoms with Crippen molar-refractivity contribution in [3.63, 3.8) is 0 Å². The third-order valence-corrected chi connectivity index (χ3v) is 5.37. The zero-order valence-electron chi connectivity index (χ0n) is 11.3. The van der Waals surface area contributed by atoms with Crippen molar-refractivity contribution in [1.82, 2.24) is 14.8 Å². The van der Waals surface area contributed by atoms with Gasteiger partial charge in [-0.3, -0.25) is 9.69 Å². The van der Waals surface area contributed by atoms with Crippen LogP contribution in [0.2, 0.25) is 5.02 Å². The summed E-state index contributed by atoms with van der Waals surface area (Å²) in [6.07, 6.45) is 1.64. The Hall–Kier alpha value is -0.820. The van der Waals surface area contributed by atoms with E-state index in [0.29, 0.717) is 10.7 Å². The van der Waals surface area contributed by atoms with Gasteiger partial charge in [0.15, 0.2) is 0 Å². The number of aromatic nitrogens is 1. The van der Waals surface area contributed by atoms with Crippen LogP contribution in [0.5, 0.6) is 0 Å². The van der Waals surface area contributed by atoms with Gasteiger partial charge in [0.25, 0.3) is 5.91 Å². The van der Waals surface area contributed by atoms with E-state index in [1.54, 1.807) is 23.6 Å². The van der Waals surface area contributed by atoms with E-state index in [2.05, 4.69) is 37.9 Å². The molecule has 0 bridgehead atoms. The molecule has 112 valence electrons. The maximum Gasteiger partial charge on any atom is 0.270 e. The van der Waals surface area contributed by atoms with Crippen LogP contribution in [-0.2, 0) is 6.54 Å². The number of H-pyrrole nitrogens is 1. The van der Waals surface area contributed by atoms with Crippen molar-refractivity contribution < 1.29 is 4.79 Å². The molecular weight excluding hydrogens is 374 g/mol. The van der Waals surface area contributed by atoms with Crippen molar-refractivity contribution >= 4 is 44.8 Å². The van der Waals surface area contributed by atoms with Crippen LogP contribution in [0.4, 0.5) is 0 Å². The van der Waals surface area contributed by atoms with Crippen LogP contribution >= 0.6 is 38.9 Å². The van der Waals surface area contributed by atoms with Gasteiger partial charge in [0.1, 0.15) is 5.69 Å². The highest BCUT2D eigenvalue weighted by atomic mass is 79.9. The Balaban J connectivity index is 1.54. The van der Waals surface area contributed by atoms with Crippen LogP contribution in [-0.4, -0.2) is 46.9 Å². The number of hydrogen-bond donors (Lipinski definition) is 1. The van der Waals surface area contributed by atoms with E-state index in [1.807, 2.05) is 4.90 Å². The van der Waals surface area contributed by atoms with Gasteiger partial charge in [-0.25, -0.2) is 0 Å². The quantitative estimate of drug-likeness (QED) is 0.875. The fraction of sp³-hybridized carbons (Fsp3) is 0.357. The standard InChI is InChI=1S/C14H15BrClN3OS/c15-13-2-1-11(21-13)9-18-3-5-19(6-4-18)14(20)12-7-10(16)8-17-12/h1-2,7-8,17H,3-6,9H2. The van der Waals surface area contributed by atoms with Gasteiger partial charge in [0.2, 0.25) is 0 Å². The fourth-order valence-corrected chi connectivity index (χ4v) is 4.12. The highest BCUT2D eigenvalue weighted by molar-refractivity contribution is 9.11. The number of carbonyl (C=O) groups excluding carboxylic acids is 1. The van der Waals surface area contributed by atoms with Crippen LogP contribution in [0.25, 0.3) is 0 Å². The number of nitrogens with zero attached hydrogens (tertiary/aromatic N) is 2. The molecule has 1 saturated heterocycles. The van der Waals surface area contributed by atoms with Gasteiger partial charge < -0.3 is 9.88 Å². The van der Waals surface area contributed by atoms with E-state index in [1.165, 1.54) is 4.88 Å². The molecule has 3 rings (SSSR count). The number of piperazine rings is 1. The minimum absolute atomic E-state index is 0.0282. The maximum absolute atomic E-state index is 12.3. The van der Waals surface area contributed by atoms with Crippen LogP contribution in [0, 0.1) is 0 Å². The van der Waals surface area contributed by atoms with Gasteiger partial charge in [-0.2, -0.15) is 0 Å². The summed E-state index contributed by atoms with van der Waals surface area (Å²) in [7, 11) is 0. The molecule has 21 heavy (non-hydrogen) atoms. The van der Waals surface area contributed by atoms with E-state index in [4.69, 9.17) is 11.6 Å². The largest absolute Gasteiger partial charge is 0.356 e. The molecule has 0 unspecified atom stereocenters. The number of aromatic amines is 1. The molecule has 7 heteroatoms. The molecule has 0 saturated carbocycles. The van der Waals surface area contributed by atoms with Gasteiger partial charge in [-0.05, 0) is 34.1 Å². The molecule has 2 aromatic heterocycles. The van der Waals surface area contributed by atoms with Gasteiger partial charge >= 0.3 is 0 Å². The Morgan fingerprint density at radius 2 is 2.10 bits per heavy atom. The molecule has 1 fully saturated rings. The van der Waals surface area contributed by atoms with Gasteiger partial charge in [0.05, 0.1) is 8.81 Å². The van der Waals surface area contributed by atoms with Crippen LogP contribution < -0.4 is 0 Å². The molecule has 1 amide bonds. The number of amides is 1. The SMILES string of the molecule is O=C(c1cc(Cl)c[nH]1)N1CCN(Cc2ccc(Br)s2)CC1. The normalized spacial score (nSPS) is 16.4. The molecule has 1 aliphatic rings. The Labute approximate surface area is 140 Å². The lowest BCUT2D eigenvalue weighted by Crippen LogP contribution is -2.48. The molecule has 3 heterocycles. The number of halogens is 2. The second kappa shape index (κ2) is 6.52. The molecule has 0 aromatic carbocycles. The first kappa shape index (κ1) is 15.1. The zero-order chi connectivity index (χ0) is 14.8. The van der Waals surface area contributed by atoms with E-state index < -0.39 is 0 Å². The molecule has 1 N–H and O–H groups in total. The fourth-order valence-electron chi connectivity index (χ4n) is 2.43. The predicted octanol–water partition coefficient (Wildman–Crippen LogP) is 3.45. The Morgan fingerprint density at radius 1 is 1.33 bits per heavy atom. The molecular formula is C14H15BrClN3OS. The predicted molar refractivity (Wildman–Crippen MR) is 89.0 cm³/mol. The minimum Gasteiger partial charge on any atom is -0.356 e. The highest BCUT2D eigenvalue weighted by Gasteiger charge is 2.23. The molecule has 0 aliphatic carbocycles. The minimum atomic E-state index is 0.0282. The Bertz CT molecular complexity index is 634. The van der Waals surface area contributed by atoms with Gasteiger partial charge in [-0.1, -0.05) is 11.6 Å². The monoisotopic (exact) mass is 387 g/mol. The maximum atomic E-state index is 12.3. The number of rotatable bonds is 3. The summed E-state index contributed by atoms with van der Waals surface area (Å²) in [5.74, 6) is 0.0282. The van der Waals surface area contributed by atoms with Gasteiger partial charge in [0, 0.05) is 43.8 Å². The van der Waals surface area contributed by atoms with Crippen LogP contribution in [0.3, 0.4) is 0 Å². The third-order valence-electron chi connectivity index (χ3n) is 3.55. The summed E-state index contributed by atoms with van der Waals surface area (Å²) >= 11 is 11.1. The van der Waals surface area contributed by atoms with Crippen molar-refractivity contribution in [2.24, 2.45) is 0 Å². The van der Waals surface area contributed by atoms with Crippen molar-refractivity contribution in [3.8, 4) is 0 Å². The summed E-state index contributed by atoms with van der Waals surface area (Å²) in [6, 6.07) is 5.90. The van der Waals surface area contributed by atoms with Crippen molar-refractivity contribution in [3.05, 3.63) is 43.8 Å². The van der Waals surface area contributed by atoms with Crippen LogP contribution in [0.15, 0.2) is 28.2 Å². The molecule has 1 aliphatic heterocycles. The first-order valence-electron chi connectivity index (χ1n) is 6.71. The van der Waals surface area contributed by atoms with Crippen molar-refractivity contribution in [2.45, 2.75) is 6.54 Å². The number of carbonyl (C=O) groups is 1. The summed E-state index contributed by atoms with van der Waals surface area (Å²) in [4.78, 5) is 20.8. The van der Waals surface area contributed by atoms with Crippen LogP contribution in [0.1, 0.15) is 15.4 Å². The van der Waals surface area contributed by atoms with Crippen molar-refractivity contribution in [1.29, 1.82) is 0 Å². The molecule has 4 nitrogen and oxygen atoms in total. The average molecular weight is 389 g/mol. The summed E-state index contributed by atoms with van der Waals surface area (Å²) in [6.45, 7) is 4.25. The van der Waals surface area contributed by atoms with Crippen molar-refractivity contribution in [2.75, 3.05) is 26.2 Å². The van der Waals surface area contributed by atoms with E-state index in [-0.39, 0.29) is 5.91 Å². The number of hydrogen-bond acceptors (Lipinski definition) is 3. The number of thiophene rings is 1. The first-order chi connectivity index (χ1) is 10.1. The summed E-state index contributed by atoms with van der Waals surface area (Å²) in [5, 5.41) is 0.570. The second-order valence-electron chi connectivity index (χ2n) is 5.01. The van der Waals surface area contributed by atoms with Gasteiger partial charge in [-0.15, -0.1) is 11.3 Å². The first-order valence-corrected chi connectivity index (χ1v) is 8.70. The Morgan fingerprint density at radius 3 is 2.67 bits per heavy atom. The summed E-state index contributed by atoms with van der Waals surface area (Å²) < 4.78 is 1.16. The lowest BCUT2D eigenvalue weighted by Gasteiger charge is -2.34. The third kappa shape index (κ3) is 3.69. The van der Waals surface area contributed by atoms with E-state index in [9.17, 15) is 4.79 Å².